The van der Waals surface area contributed by atoms with Crippen molar-refractivity contribution in [3.8, 4) is 11.4 Å². The third-order valence-electron chi connectivity index (χ3n) is 2.73. The summed E-state index contributed by atoms with van der Waals surface area (Å²) in [5.74, 6) is 1.88. The molecule has 2 aromatic rings. The molecule has 2 rings (SSSR count). The van der Waals surface area contributed by atoms with Gasteiger partial charge in [-0.1, -0.05) is 38.1 Å². The maximum atomic E-state index is 5.74. The number of nitrogen functional groups attached to an aromatic ring is 1. The van der Waals surface area contributed by atoms with Gasteiger partial charge >= 0.3 is 0 Å². The second-order valence-corrected chi connectivity index (χ2v) is 5.05. The van der Waals surface area contributed by atoms with Gasteiger partial charge in [0, 0.05) is 17.3 Å². The van der Waals surface area contributed by atoms with E-state index in [0.29, 0.717) is 17.6 Å². The molecule has 0 atom stereocenters. The van der Waals surface area contributed by atoms with E-state index in [-0.39, 0.29) is 0 Å². The summed E-state index contributed by atoms with van der Waals surface area (Å²) >= 11 is 0. The first-order valence-corrected chi connectivity index (χ1v) is 6.25. The van der Waals surface area contributed by atoms with E-state index in [1.807, 2.05) is 6.92 Å². The number of anilines is 1. The van der Waals surface area contributed by atoms with Gasteiger partial charge < -0.3 is 5.73 Å². The zero-order valence-electron chi connectivity index (χ0n) is 11.1. The third-order valence-corrected chi connectivity index (χ3v) is 2.73. The molecule has 1 heterocycles. The molecular weight excluding hydrogens is 222 g/mol. The van der Waals surface area contributed by atoms with Gasteiger partial charge in [-0.15, -0.1) is 0 Å². The number of aromatic nitrogens is 2. The van der Waals surface area contributed by atoms with Crippen LogP contribution in [0.2, 0.25) is 0 Å². The molecule has 0 bridgehead atoms. The molecule has 0 aliphatic heterocycles. The van der Waals surface area contributed by atoms with Gasteiger partial charge in [0.25, 0.3) is 0 Å². The lowest BCUT2D eigenvalue weighted by atomic mass is 10.0. The summed E-state index contributed by atoms with van der Waals surface area (Å²) in [5, 5.41) is 0. The van der Waals surface area contributed by atoms with Crippen molar-refractivity contribution < 1.29 is 0 Å². The van der Waals surface area contributed by atoms with Gasteiger partial charge in [0.05, 0.1) is 0 Å². The molecule has 0 spiro atoms. The van der Waals surface area contributed by atoms with E-state index >= 15 is 0 Å². The van der Waals surface area contributed by atoms with Crippen LogP contribution in [0.15, 0.2) is 30.3 Å². The molecule has 0 amide bonds. The summed E-state index contributed by atoms with van der Waals surface area (Å²) in [7, 11) is 0. The maximum Gasteiger partial charge on any atom is 0.161 e. The lowest BCUT2D eigenvalue weighted by Gasteiger charge is -2.07. The average Bonchev–Trinajstić information content (AvgIpc) is 2.27. The Hall–Kier alpha value is -1.90. The van der Waals surface area contributed by atoms with Crippen LogP contribution in [0.4, 0.5) is 5.82 Å². The van der Waals surface area contributed by atoms with Crippen molar-refractivity contribution in [3.05, 3.63) is 41.6 Å². The van der Waals surface area contributed by atoms with Crippen LogP contribution in [-0.4, -0.2) is 9.97 Å². The first-order chi connectivity index (χ1) is 8.54. The first-order valence-electron chi connectivity index (χ1n) is 6.25. The summed E-state index contributed by atoms with van der Waals surface area (Å²) in [6, 6.07) is 10.2. The Bertz CT molecular complexity index is 510. The van der Waals surface area contributed by atoms with Crippen molar-refractivity contribution in [3.63, 3.8) is 0 Å². The Morgan fingerprint density at radius 1 is 1.11 bits per heavy atom. The minimum Gasteiger partial charge on any atom is -0.384 e. The summed E-state index contributed by atoms with van der Waals surface area (Å²) in [4.78, 5) is 8.67. The number of aryl methyl sites for hydroxylation is 1. The van der Waals surface area contributed by atoms with Crippen molar-refractivity contribution >= 4 is 5.82 Å². The zero-order chi connectivity index (χ0) is 13.1. The fraction of sp³-hybridized carbons (Fsp3) is 0.333. The van der Waals surface area contributed by atoms with E-state index in [4.69, 9.17) is 5.73 Å². The molecule has 0 saturated carbocycles. The molecule has 2 N–H and O–H groups in total. The van der Waals surface area contributed by atoms with Crippen molar-refractivity contribution in [1.82, 2.24) is 9.97 Å². The van der Waals surface area contributed by atoms with Crippen LogP contribution in [-0.2, 0) is 6.42 Å². The molecule has 1 aromatic heterocycles. The molecule has 0 radical (unpaired) electrons. The zero-order valence-corrected chi connectivity index (χ0v) is 11.1. The SMILES string of the molecule is Cc1cc(N)nc(-c2ccc(CC(C)C)cc2)n1. The summed E-state index contributed by atoms with van der Waals surface area (Å²) < 4.78 is 0. The third kappa shape index (κ3) is 3.06. The molecule has 0 aliphatic rings. The minimum absolute atomic E-state index is 0.517. The fourth-order valence-corrected chi connectivity index (χ4v) is 1.98. The number of hydrogen-bond donors (Lipinski definition) is 1. The molecule has 3 heteroatoms. The van der Waals surface area contributed by atoms with Crippen molar-refractivity contribution in [2.45, 2.75) is 27.2 Å². The average molecular weight is 241 g/mol. The summed E-state index contributed by atoms with van der Waals surface area (Å²) in [6.45, 7) is 6.37. The number of rotatable bonds is 3. The van der Waals surface area contributed by atoms with Crippen molar-refractivity contribution in [1.29, 1.82) is 0 Å². The number of benzene rings is 1. The van der Waals surface area contributed by atoms with Gasteiger partial charge in [0.2, 0.25) is 0 Å². The Morgan fingerprint density at radius 2 is 1.78 bits per heavy atom. The quantitative estimate of drug-likeness (QED) is 0.897. The first kappa shape index (κ1) is 12.6. The summed E-state index contributed by atoms with van der Waals surface area (Å²) in [6.07, 6.45) is 1.09. The highest BCUT2D eigenvalue weighted by Gasteiger charge is 2.04. The molecule has 18 heavy (non-hydrogen) atoms. The van der Waals surface area contributed by atoms with Crippen LogP contribution >= 0.6 is 0 Å². The van der Waals surface area contributed by atoms with Crippen LogP contribution in [0.25, 0.3) is 11.4 Å². The van der Waals surface area contributed by atoms with Gasteiger partial charge in [-0.05, 0) is 24.8 Å². The van der Waals surface area contributed by atoms with Gasteiger partial charge in [-0.2, -0.15) is 0 Å². The topological polar surface area (TPSA) is 51.8 Å². The standard InChI is InChI=1S/C15H19N3/c1-10(2)8-12-4-6-13(7-5-12)15-17-11(3)9-14(16)18-15/h4-7,9-10H,8H2,1-3H3,(H2,16,17,18). The number of hydrogen-bond acceptors (Lipinski definition) is 3. The van der Waals surface area contributed by atoms with E-state index in [1.54, 1.807) is 6.07 Å². The highest BCUT2D eigenvalue weighted by atomic mass is 14.9. The maximum absolute atomic E-state index is 5.74. The smallest absolute Gasteiger partial charge is 0.161 e. The van der Waals surface area contributed by atoms with Crippen LogP contribution in [0.5, 0.6) is 0 Å². The Morgan fingerprint density at radius 3 is 2.33 bits per heavy atom. The second-order valence-electron chi connectivity index (χ2n) is 5.05. The predicted octanol–water partition coefficient (Wildman–Crippen LogP) is 3.23. The molecular formula is C15H19N3. The van der Waals surface area contributed by atoms with Crippen LogP contribution in [0, 0.1) is 12.8 Å². The summed E-state index contributed by atoms with van der Waals surface area (Å²) in [5.41, 5.74) is 8.99. The monoisotopic (exact) mass is 241 g/mol. The number of nitrogens with two attached hydrogens (primary N) is 1. The Labute approximate surface area is 108 Å². The van der Waals surface area contributed by atoms with Crippen LogP contribution < -0.4 is 5.73 Å². The minimum atomic E-state index is 0.517. The largest absolute Gasteiger partial charge is 0.384 e. The fourth-order valence-electron chi connectivity index (χ4n) is 1.98. The highest BCUT2D eigenvalue weighted by molar-refractivity contribution is 5.57. The molecule has 0 saturated heterocycles. The van der Waals surface area contributed by atoms with Gasteiger partial charge in [0.1, 0.15) is 5.82 Å². The van der Waals surface area contributed by atoms with E-state index < -0.39 is 0 Å². The Kier molecular flexibility index (Phi) is 3.60. The molecule has 94 valence electrons. The van der Waals surface area contributed by atoms with E-state index in [2.05, 4.69) is 48.1 Å². The van der Waals surface area contributed by atoms with Gasteiger partial charge in [-0.25, -0.2) is 9.97 Å². The lowest BCUT2D eigenvalue weighted by Crippen LogP contribution is -1.98. The Balaban J connectivity index is 2.28. The van der Waals surface area contributed by atoms with Gasteiger partial charge in [0.15, 0.2) is 5.82 Å². The molecule has 0 aliphatic carbocycles. The van der Waals surface area contributed by atoms with E-state index in [9.17, 15) is 0 Å². The van der Waals surface area contributed by atoms with E-state index in [1.165, 1.54) is 5.56 Å². The van der Waals surface area contributed by atoms with Gasteiger partial charge in [-0.3, -0.25) is 0 Å². The highest BCUT2D eigenvalue weighted by Crippen LogP contribution is 2.18. The van der Waals surface area contributed by atoms with Crippen molar-refractivity contribution in [2.24, 2.45) is 5.92 Å². The molecule has 3 nitrogen and oxygen atoms in total. The molecule has 0 unspecified atom stereocenters. The van der Waals surface area contributed by atoms with Crippen LogP contribution in [0.1, 0.15) is 25.1 Å². The van der Waals surface area contributed by atoms with Crippen LogP contribution in [0.3, 0.4) is 0 Å². The normalized spacial score (nSPS) is 10.9. The lowest BCUT2D eigenvalue weighted by molar-refractivity contribution is 0.647. The second kappa shape index (κ2) is 5.17. The molecule has 0 fully saturated rings. The molecule has 1 aromatic carbocycles. The van der Waals surface area contributed by atoms with E-state index in [0.717, 1.165) is 17.7 Å². The number of nitrogens with zero attached hydrogens (tertiary/aromatic N) is 2. The van der Waals surface area contributed by atoms with Crippen molar-refractivity contribution in [2.75, 3.05) is 5.73 Å². The predicted molar refractivity (Wildman–Crippen MR) is 75.2 cm³/mol.